The van der Waals surface area contributed by atoms with E-state index in [2.05, 4.69) is 10.2 Å². The fourth-order valence-electron chi connectivity index (χ4n) is 2.61. The van der Waals surface area contributed by atoms with E-state index in [9.17, 15) is 9.90 Å². The number of H-pyrrole nitrogens is 1. The molecule has 1 unspecified atom stereocenters. The van der Waals surface area contributed by atoms with Crippen molar-refractivity contribution in [2.45, 2.75) is 39.7 Å². The molecule has 0 spiro atoms. The van der Waals surface area contributed by atoms with Gasteiger partial charge in [-0.1, -0.05) is 0 Å². The lowest BCUT2D eigenvalue weighted by molar-refractivity contribution is 0.0520. The SMILES string of the molecule is Cc1n[nH]c(C)c1C(=O)N1CCC(C(C)O)CC1. The molecule has 2 rings (SSSR count). The Morgan fingerprint density at radius 3 is 2.50 bits per heavy atom. The quantitative estimate of drug-likeness (QED) is 0.831. The molecular formula is C13H21N3O2. The zero-order chi connectivity index (χ0) is 13.3. The average Bonchev–Trinajstić information content (AvgIpc) is 2.68. The van der Waals surface area contributed by atoms with Crippen molar-refractivity contribution >= 4 is 5.91 Å². The summed E-state index contributed by atoms with van der Waals surface area (Å²) in [5.74, 6) is 0.378. The van der Waals surface area contributed by atoms with E-state index in [0.717, 1.165) is 37.3 Å². The highest BCUT2D eigenvalue weighted by molar-refractivity contribution is 5.96. The van der Waals surface area contributed by atoms with Crippen molar-refractivity contribution in [3.05, 3.63) is 17.0 Å². The molecule has 0 bridgehead atoms. The van der Waals surface area contributed by atoms with E-state index in [1.54, 1.807) is 0 Å². The molecule has 2 heterocycles. The summed E-state index contributed by atoms with van der Waals surface area (Å²) in [6.45, 7) is 6.98. The molecule has 0 radical (unpaired) electrons. The summed E-state index contributed by atoms with van der Waals surface area (Å²) in [5, 5.41) is 16.5. The Morgan fingerprint density at radius 1 is 1.44 bits per heavy atom. The summed E-state index contributed by atoms with van der Waals surface area (Å²) in [5.41, 5.74) is 2.29. The number of carbonyl (C=O) groups excluding carboxylic acids is 1. The fraction of sp³-hybridized carbons (Fsp3) is 0.692. The van der Waals surface area contributed by atoms with E-state index in [-0.39, 0.29) is 12.0 Å². The molecule has 0 saturated carbocycles. The van der Waals surface area contributed by atoms with Crippen molar-refractivity contribution in [3.8, 4) is 0 Å². The van der Waals surface area contributed by atoms with Crippen molar-refractivity contribution in [2.24, 2.45) is 5.92 Å². The second-order valence-corrected chi connectivity index (χ2v) is 5.18. The molecule has 100 valence electrons. The molecule has 0 aliphatic carbocycles. The van der Waals surface area contributed by atoms with Crippen LogP contribution in [0.15, 0.2) is 0 Å². The lowest BCUT2D eigenvalue weighted by Crippen LogP contribution is -2.41. The van der Waals surface area contributed by atoms with Gasteiger partial charge in [-0.15, -0.1) is 0 Å². The van der Waals surface area contributed by atoms with Crippen molar-refractivity contribution in [3.63, 3.8) is 0 Å². The Kier molecular flexibility index (Phi) is 3.71. The summed E-state index contributed by atoms with van der Waals surface area (Å²) < 4.78 is 0. The molecule has 5 heteroatoms. The number of hydrogen-bond acceptors (Lipinski definition) is 3. The molecule has 1 fully saturated rings. The summed E-state index contributed by atoms with van der Waals surface area (Å²) in [6.07, 6.45) is 1.47. The van der Waals surface area contributed by atoms with Gasteiger partial charge in [-0.25, -0.2) is 0 Å². The maximum atomic E-state index is 12.4. The maximum absolute atomic E-state index is 12.4. The Bertz CT molecular complexity index is 412. The predicted octanol–water partition coefficient (Wildman–Crippen LogP) is 1.26. The first kappa shape index (κ1) is 13.1. The van der Waals surface area contributed by atoms with E-state index in [1.165, 1.54) is 0 Å². The molecule has 18 heavy (non-hydrogen) atoms. The third-order valence-corrected chi connectivity index (χ3v) is 3.85. The van der Waals surface area contributed by atoms with Crippen LogP contribution in [-0.2, 0) is 0 Å². The Labute approximate surface area is 107 Å². The highest BCUT2D eigenvalue weighted by Crippen LogP contribution is 2.23. The van der Waals surface area contributed by atoms with Crippen LogP contribution in [0.3, 0.4) is 0 Å². The van der Waals surface area contributed by atoms with Crippen LogP contribution in [-0.4, -0.2) is 45.3 Å². The standard InChI is InChI=1S/C13H21N3O2/c1-8-12(9(2)15-14-8)13(18)16-6-4-11(5-7-16)10(3)17/h10-11,17H,4-7H2,1-3H3,(H,14,15). The van der Waals surface area contributed by atoms with Crippen LogP contribution in [0.5, 0.6) is 0 Å². The lowest BCUT2D eigenvalue weighted by atomic mass is 9.92. The van der Waals surface area contributed by atoms with Crippen molar-refractivity contribution in [2.75, 3.05) is 13.1 Å². The van der Waals surface area contributed by atoms with Gasteiger partial charge in [-0.05, 0) is 39.5 Å². The number of nitrogens with zero attached hydrogens (tertiary/aromatic N) is 2. The van der Waals surface area contributed by atoms with Gasteiger partial charge in [-0.3, -0.25) is 9.89 Å². The summed E-state index contributed by atoms with van der Waals surface area (Å²) >= 11 is 0. The number of aromatic nitrogens is 2. The zero-order valence-corrected chi connectivity index (χ0v) is 11.2. The van der Waals surface area contributed by atoms with Crippen LogP contribution in [0.4, 0.5) is 0 Å². The Morgan fingerprint density at radius 2 is 2.06 bits per heavy atom. The molecule has 0 aromatic carbocycles. The number of aryl methyl sites for hydroxylation is 2. The fourth-order valence-corrected chi connectivity index (χ4v) is 2.61. The topological polar surface area (TPSA) is 69.2 Å². The van der Waals surface area contributed by atoms with Gasteiger partial charge in [0.05, 0.1) is 17.4 Å². The van der Waals surface area contributed by atoms with Gasteiger partial charge >= 0.3 is 0 Å². The molecule has 1 aliphatic rings. The molecule has 1 atom stereocenters. The molecule has 1 amide bonds. The van der Waals surface area contributed by atoms with Crippen molar-refractivity contribution in [1.29, 1.82) is 0 Å². The lowest BCUT2D eigenvalue weighted by Gasteiger charge is -2.33. The highest BCUT2D eigenvalue weighted by atomic mass is 16.3. The number of aliphatic hydroxyl groups excluding tert-OH is 1. The molecule has 1 saturated heterocycles. The average molecular weight is 251 g/mol. The largest absolute Gasteiger partial charge is 0.393 e. The number of nitrogens with one attached hydrogen (secondary N) is 1. The smallest absolute Gasteiger partial charge is 0.257 e. The number of hydrogen-bond donors (Lipinski definition) is 2. The van der Waals surface area contributed by atoms with Crippen LogP contribution in [0, 0.1) is 19.8 Å². The maximum Gasteiger partial charge on any atom is 0.257 e. The van der Waals surface area contributed by atoms with Crippen LogP contribution in [0.2, 0.25) is 0 Å². The van der Waals surface area contributed by atoms with Gasteiger partial charge in [0.15, 0.2) is 0 Å². The highest BCUT2D eigenvalue weighted by Gasteiger charge is 2.28. The number of aliphatic hydroxyl groups is 1. The molecule has 1 aliphatic heterocycles. The monoisotopic (exact) mass is 251 g/mol. The number of rotatable bonds is 2. The first-order valence-corrected chi connectivity index (χ1v) is 6.49. The summed E-state index contributed by atoms with van der Waals surface area (Å²) in [7, 11) is 0. The number of carbonyl (C=O) groups is 1. The summed E-state index contributed by atoms with van der Waals surface area (Å²) in [6, 6.07) is 0. The number of piperidine rings is 1. The third kappa shape index (κ3) is 2.41. The zero-order valence-electron chi connectivity index (χ0n) is 11.2. The van der Waals surface area contributed by atoms with Crippen LogP contribution in [0.1, 0.15) is 41.5 Å². The number of likely N-dealkylation sites (tertiary alicyclic amines) is 1. The van der Waals surface area contributed by atoms with Gasteiger partial charge in [0.2, 0.25) is 0 Å². The normalized spacial score (nSPS) is 19.0. The van der Waals surface area contributed by atoms with E-state index in [1.807, 2.05) is 25.7 Å². The van der Waals surface area contributed by atoms with Crippen molar-refractivity contribution < 1.29 is 9.90 Å². The molecule has 2 N–H and O–H groups in total. The van der Waals surface area contributed by atoms with E-state index < -0.39 is 0 Å². The third-order valence-electron chi connectivity index (χ3n) is 3.85. The molecular weight excluding hydrogens is 230 g/mol. The van der Waals surface area contributed by atoms with E-state index in [4.69, 9.17) is 0 Å². The number of aromatic amines is 1. The minimum atomic E-state index is -0.278. The Hall–Kier alpha value is -1.36. The molecule has 1 aromatic heterocycles. The van der Waals surface area contributed by atoms with Crippen LogP contribution < -0.4 is 0 Å². The second-order valence-electron chi connectivity index (χ2n) is 5.18. The molecule has 1 aromatic rings. The first-order valence-electron chi connectivity index (χ1n) is 6.49. The summed E-state index contributed by atoms with van der Waals surface area (Å²) in [4.78, 5) is 14.2. The number of amides is 1. The molecule has 5 nitrogen and oxygen atoms in total. The Balaban J connectivity index is 2.04. The van der Waals surface area contributed by atoms with E-state index in [0.29, 0.717) is 11.5 Å². The van der Waals surface area contributed by atoms with Crippen LogP contribution in [0.25, 0.3) is 0 Å². The minimum absolute atomic E-state index is 0.0581. The van der Waals surface area contributed by atoms with Gasteiger partial charge in [0.25, 0.3) is 5.91 Å². The van der Waals surface area contributed by atoms with Gasteiger partial charge in [0.1, 0.15) is 0 Å². The van der Waals surface area contributed by atoms with Gasteiger partial charge in [0, 0.05) is 18.8 Å². The predicted molar refractivity (Wildman–Crippen MR) is 68.4 cm³/mol. The van der Waals surface area contributed by atoms with Gasteiger partial charge in [-0.2, -0.15) is 5.10 Å². The first-order chi connectivity index (χ1) is 8.50. The van der Waals surface area contributed by atoms with Gasteiger partial charge < -0.3 is 10.0 Å². The van der Waals surface area contributed by atoms with Crippen molar-refractivity contribution in [1.82, 2.24) is 15.1 Å². The second kappa shape index (κ2) is 5.10. The minimum Gasteiger partial charge on any atom is -0.393 e. The van der Waals surface area contributed by atoms with E-state index >= 15 is 0 Å². The van der Waals surface area contributed by atoms with Crippen LogP contribution >= 0.6 is 0 Å².